The highest BCUT2D eigenvalue weighted by Gasteiger charge is 2.14. The van der Waals surface area contributed by atoms with E-state index < -0.39 is 0 Å². The molecule has 4 nitrogen and oxygen atoms in total. The van der Waals surface area contributed by atoms with Gasteiger partial charge in [0.1, 0.15) is 11.5 Å². The van der Waals surface area contributed by atoms with E-state index in [2.05, 4.69) is 6.92 Å². The number of amides is 1. The monoisotopic (exact) mass is 253 g/mol. The standard InChI is InChI=1S/C14H23NO3/c1-4-5-6-14(16)15(9-10-17-3)11-13-8-7-12(2)18-13/h7-8H,4-6,9-11H2,1-3H3. The molecule has 0 unspecified atom stereocenters. The minimum absolute atomic E-state index is 0.169. The van der Waals surface area contributed by atoms with Gasteiger partial charge in [-0.1, -0.05) is 13.3 Å². The van der Waals surface area contributed by atoms with Crippen LogP contribution in [0.4, 0.5) is 0 Å². The third kappa shape index (κ3) is 4.92. The van der Waals surface area contributed by atoms with Crippen molar-refractivity contribution in [3.8, 4) is 0 Å². The first-order valence-corrected chi connectivity index (χ1v) is 6.49. The van der Waals surface area contributed by atoms with Gasteiger partial charge in [0.25, 0.3) is 0 Å². The zero-order valence-electron chi connectivity index (χ0n) is 11.6. The quantitative estimate of drug-likeness (QED) is 0.715. The highest BCUT2D eigenvalue weighted by atomic mass is 16.5. The van der Waals surface area contributed by atoms with E-state index in [0.717, 1.165) is 24.4 Å². The highest BCUT2D eigenvalue weighted by Crippen LogP contribution is 2.11. The fourth-order valence-electron chi connectivity index (χ4n) is 1.74. The molecule has 0 atom stereocenters. The van der Waals surface area contributed by atoms with E-state index in [1.165, 1.54) is 0 Å². The fraction of sp³-hybridized carbons (Fsp3) is 0.643. The number of hydrogen-bond donors (Lipinski definition) is 0. The van der Waals surface area contributed by atoms with Crippen LogP contribution in [0.2, 0.25) is 0 Å². The van der Waals surface area contributed by atoms with Crippen molar-refractivity contribution in [3.05, 3.63) is 23.7 Å². The van der Waals surface area contributed by atoms with Crippen molar-refractivity contribution in [1.82, 2.24) is 4.90 Å². The van der Waals surface area contributed by atoms with Crippen LogP contribution in [0.3, 0.4) is 0 Å². The summed E-state index contributed by atoms with van der Waals surface area (Å²) in [6.45, 7) is 5.68. The van der Waals surface area contributed by atoms with E-state index in [0.29, 0.717) is 26.1 Å². The number of carbonyl (C=O) groups excluding carboxylic acids is 1. The molecule has 4 heteroatoms. The molecule has 0 aliphatic rings. The highest BCUT2D eigenvalue weighted by molar-refractivity contribution is 5.76. The Morgan fingerprint density at radius 3 is 2.78 bits per heavy atom. The molecule has 0 aliphatic heterocycles. The van der Waals surface area contributed by atoms with Crippen LogP contribution in [0.25, 0.3) is 0 Å². The summed E-state index contributed by atoms with van der Waals surface area (Å²) in [5.74, 6) is 1.87. The lowest BCUT2D eigenvalue weighted by Gasteiger charge is -2.21. The second-order valence-electron chi connectivity index (χ2n) is 4.42. The maximum absolute atomic E-state index is 12.0. The Bertz CT molecular complexity index is 360. The number of rotatable bonds is 8. The van der Waals surface area contributed by atoms with Crippen LogP contribution in [0.15, 0.2) is 16.5 Å². The predicted octanol–water partition coefficient (Wildman–Crippen LogP) is 2.75. The number of aryl methyl sites for hydroxylation is 1. The van der Waals surface area contributed by atoms with E-state index in [1.807, 2.05) is 19.1 Å². The molecular formula is C14H23NO3. The van der Waals surface area contributed by atoms with Gasteiger partial charge in [0, 0.05) is 20.1 Å². The van der Waals surface area contributed by atoms with Crippen LogP contribution >= 0.6 is 0 Å². The minimum atomic E-state index is 0.169. The number of hydrogen-bond acceptors (Lipinski definition) is 3. The van der Waals surface area contributed by atoms with E-state index in [-0.39, 0.29) is 5.91 Å². The van der Waals surface area contributed by atoms with Gasteiger partial charge in [0.15, 0.2) is 0 Å². The summed E-state index contributed by atoms with van der Waals surface area (Å²) >= 11 is 0. The number of unbranched alkanes of at least 4 members (excludes halogenated alkanes) is 1. The van der Waals surface area contributed by atoms with Crippen LogP contribution in [-0.2, 0) is 16.1 Å². The molecule has 0 saturated carbocycles. The molecule has 0 aliphatic carbocycles. The molecule has 1 aromatic heterocycles. The average Bonchev–Trinajstić information content (AvgIpc) is 2.77. The molecule has 1 amide bonds. The first-order chi connectivity index (χ1) is 8.67. The summed E-state index contributed by atoms with van der Waals surface area (Å²) in [6, 6.07) is 3.84. The van der Waals surface area contributed by atoms with Gasteiger partial charge in [-0.05, 0) is 25.5 Å². The normalized spacial score (nSPS) is 10.6. The molecule has 0 saturated heterocycles. The average molecular weight is 253 g/mol. The van der Waals surface area contributed by atoms with E-state index in [4.69, 9.17) is 9.15 Å². The summed E-state index contributed by atoms with van der Waals surface area (Å²) in [6.07, 6.45) is 2.56. The zero-order chi connectivity index (χ0) is 13.4. The van der Waals surface area contributed by atoms with E-state index >= 15 is 0 Å². The number of nitrogens with zero attached hydrogens (tertiary/aromatic N) is 1. The van der Waals surface area contributed by atoms with Crippen LogP contribution < -0.4 is 0 Å². The van der Waals surface area contributed by atoms with Gasteiger partial charge >= 0.3 is 0 Å². The van der Waals surface area contributed by atoms with Crippen molar-refractivity contribution in [2.75, 3.05) is 20.3 Å². The van der Waals surface area contributed by atoms with Gasteiger partial charge in [-0.3, -0.25) is 4.79 Å². The Hall–Kier alpha value is -1.29. The smallest absolute Gasteiger partial charge is 0.223 e. The Kier molecular flexibility index (Phi) is 6.50. The van der Waals surface area contributed by atoms with E-state index in [1.54, 1.807) is 12.0 Å². The number of carbonyl (C=O) groups is 1. The van der Waals surface area contributed by atoms with Gasteiger partial charge in [0.2, 0.25) is 5.91 Å². The fourth-order valence-corrected chi connectivity index (χ4v) is 1.74. The molecule has 102 valence electrons. The van der Waals surface area contributed by atoms with Crippen molar-refractivity contribution in [3.63, 3.8) is 0 Å². The molecule has 0 aromatic carbocycles. The van der Waals surface area contributed by atoms with Gasteiger partial charge in [-0.15, -0.1) is 0 Å². The molecule has 18 heavy (non-hydrogen) atoms. The van der Waals surface area contributed by atoms with Crippen molar-refractivity contribution < 1.29 is 13.9 Å². The Balaban J connectivity index is 2.56. The summed E-state index contributed by atoms with van der Waals surface area (Å²) in [5, 5.41) is 0. The van der Waals surface area contributed by atoms with Crippen molar-refractivity contribution in [2.45, 2.75) is 39.7 Å². The Morgan fingerprint density at radius 2 is 2.22 bits per heavy atom. The summed E-state index contributed by atoms with van der Waals surface area (Å²) in [7, 11) is 1.64. The van der Waals surface area contributed by atoms with Gasteiger partial charge in [-0.25, -0.2) is 0 Å². The lowest BCUT2D eigenvalue weighted by atomic mass is 10.2. The molecule has 0 radical (unpaired) electrons. The summed E-state index contributed by atoms with van der Waals surface area (Å²) in [4.78, 5) is 13.9. The minimum Gasteiger partial charge on any atom is -0.464 e. The zero-order valence-corrected chi connectivity index (χ0v) is 11.6. The molecule has 0 N–H and O–H groups in total. The van der Waals surface area contributed by atoms with Gasteiger partial charge in [0.05, 0.1) is 13.2 Å². The number of furan rings is 1. The molecule has 0 spiro atoms. The Labute approximate surface area is 109 Å². The topological polar surface area (TPSA) is 42.7 Å². The summed E-state index contributed by atoms with van der Waals surface area (Å²) in [5.41, 5.74) is 0. The maximum atomic E-state index is 12.0. The third-order valence-electron chi connectivity index (χ3n) is 2.80. The molecule has 0 fully saturated rings. The first kappa shape index (κ1) is 14.8. The lowest BCUT2D eigenvalue weighted by Crippen LogP contribution is -2.33. The van der Waals surface area contributed by atoms with Crippen LogP contribution in [0, 0.1) is 6.92 Å². The Morgan fingerprint density at radius 1 is 1.44 bits per heavy atom. The number of methoxy groups -OCH3 is 1. The maximum Gasteiger partial charge on any atom is 0.223 e. The van der Waals surface area contributed by atoms with Crippen LogP contribution in [-0.4, -0.2) is 31.1 Å². The molecule has 1 aromatic rings. The van der Waals surface area contributed by atoms with Crippen molar-refractivity contribution in [2.24, 2.45) is 0 Å². The number of ether oxygens (including phenoxy) is 1. The first-order valence-electron chi connectivity index (χ1n) is 6.49. The molecular weight excluding hydrogens is 230 g/mol. The summed E-state index contributed by atoms with van der Waals surface area (Å²) < 4.78 is 10.6. The SMILES string of the molecule is CCCCC(=O)N(CCOC)Cc1ccc(C)o1. The molecule has 1 heterocycles. The lowest BCUT2D eigenvalue weighted by molar-refractivity contribution is -0.132. The van der Waals surface area contributed by atoms with Gasteiger partial charge < -0.3 is 14.1 Å². The second kappa shape index (κ2) is 7.93. The van der Waals surface area contributed by atoms with E-state index in [9.17, 15) is 4.79 Å². The van der Waals surface area contributed by atoms with Crippen molar-refractivity contribution in [1.29, 1.82) is 0 Å². The predicted molar refractivity (Wildman–Crippen MR) is 70.3 cm³/mol. The van der Waals surface area contributed by atoms with Crippen LogP contribution in [0.1, 0.15) is 37.7 Å². The molecule has 0 bridgehead atoms. The molecule has 1 rings (SSSR count). The third-order valence-corrected chi connectivity index (χ3v) is 2.80. The van der Waals surface area contributed by atoms with Crippen molar-refractivity contribution >= 4 is 5.91 Å². The second-order valence-corrected chi connectivity index (χ2v) is 4.42. The van der Waals surface area contributed by atoms with Crippen LogP contribution in [0.5, 0.6) is 0 Å². The largest absolute Gasteiger partial charge is 0.464 e. The van der Waals surface area contributed by atoms with Gasteiger partial charge in [-0.2, -0.15) is 0 Å².